The fraction of sp³-hybridized carbons (Fsp3) is 0.240. The standard InChI is InChI=1S/C25H22FN3O2S/c26-19-10-5-4-9-17(19)23-18(13-27)25(29-20-11-6-12-21(30)24(20)23)32-15-22(31)28-14-16-7-2-1-3-8-16/h1-5,7-10,23,29H,6,11-12,14-15H2,(H,28,31). The minimum atomic E-state index is -0.764. The van der Waals surface area contributed by atoms with E-state index in [2.05, 4.69) is 16.7 Å². The fourth-order valence-corrected chi connectivity index (χ4v) is 4.93. The van der Waals surface area contributed by atoms with Crippen molar-refractivity contribution < 1.29 is 14.0 Å². The van der Waals surface area contributed by atoms with E-state index in [-0.39, 0.29) is 23.0 Å². The lowest BCUT2D eigenvalue weighted by atomic mass is 9.76. The Kier molecular flexibility index (Phi) is 6.72. The molecule has 1 unspecified atom stereocenters. The molecule has 0 aromatic heterocycles. The van der Waals surface area contributed by atoms with E-state index < -0.39 is 11.7 Å². The van der Waals surface area contributed by atoms with E-state index in [0.29, 0.717) is 42.0 Å². The SMILES string of the molecule is N#CC1=C(SCC(=O)NCc2ccccc2)NC2=C(C(=O)CCC2)C1c1ccccc1F. The summed E-state index contributed by atoms with van der Waals surface area (Å²) in [5.41, 5.74) is 2.76. The van der Waals surface area contributed by atoms with Gasteiger partial charge in [0, 0.05) is 29.8 Å². The van der Waals surface area contributed by atoms with E-state index in [1.54, 1.807) is 18.2 Å². The number of nitriles is 1. The molecule has 1 heterocycles. The van der Waals surface area contributed by atoms with Gasteiger partial charge in [0.2, 0.25) is 5.91 Å². The zero-order valence-electron chi connectivity index (χ0n) is 17.4. The molecule has 2 aliphatic rings. The van der Waals surface area contributed by atoms with Gasteiger partial charge in [0.05, 0.1) is 28.3 Å². The van der Waals surface area contributed by atoms with Gasteiger partial charge >= 0.3 is 0 Å². The minimum absolute atomic E-state index is 0.0654. The molecule has 162 valence electrons. The van der Waals surface area contributed by atoms with Crippen LogP contribution in [0.25, 0.3) is 0 Å². The average molecular weight is 448 g/mol. The summed E-state index contributed by atoms with van der Waals surface area (Å²) in [5, 5.41) is 16.5. The zero-order valence-corrected chi connectivity index (χ0v) is 18.2. The van der Waals surface area contributed by atoms with E-state index in [0.717, 1.165) is 11.3 Å². The van der Waals surface area contributed by atoms with Crippen molar-refractivity contribution in [3.8, 4) is 6.07 Å². The van der Waals surface area contributed by atoms with Gasteiger partial charge in [-0.05, 0) is 24.5 Å². The van der Waals surface area contributed by atoms with Crippen molar-refractivity contribution in [3.63, 3.8) is 0 Å². The van der Waals surface area contributed by atoms with E-state index >= 15 is 0 Å². The summed E-state index contributed by atoms with van der Waals surface area (Å²) in [4.78, 5) is 25.2. The largest absolute Gasteiger partial charge is 0.352 e. The second-order valence-electron chi connectivity index (χ2n) is 7.65. The van der Waals surface area contributed by atoms with Gasteiger partial charge in [-0.25, -0.2) is 4.39 Å². The van der Waals surface area contributed by atoms with Crippen LogP contribution in [0, 0.1) is 17.1 Å². The first-order valence-corrected chi connectivity index (χ1v) is 11.4. The number of nitrogens with zero attached hydrogens (tertiary/aromatic N) is 1. The number of carbonyl (C=O) groups is 2. The second-order valence-corrected chi connectivity index (χ2v) is 8.64. The van der Waals surface area contributed by atoms with Crippen LogP contribution in [0.5, 0.6) is 0 Å². The molecule has 4 rings (SSSR count). The van der Waals surface area contributed by atoms with Gasteiger partial charge in [0.1, 0.15) is 5.82 Å². The summed E-state index contributed by atoms with van der Waals surface area (Å²) in [7, 11) is 0. The molecular formula is C25H22FN3O2S. The molecule has 2 N–H and O–H groups in total. The Morgan fingerprint density at radius 3 is 2.66 bits per heavy atom. The summed E-state index contributed by atoms with van der Waals surface area (Å²) in [5.74, 6) is -1.36. The first-order chi connectivity index (χ1) is 15.6. The van der Waals surface area contributed by atoms with Crippen LogP contribution < -0.4 is 10.6 Å². The van der Waals surface area contributed by atoms with E-state index in [9.17, 15) is 19.2 Å². The number of Topliss-reactive ketones (excluding diaryl/α,β-unsaturated/α-hetero) is 1. The number of hydrogen-bond acceptors (Lipinski definition) is 5. The number of thioether (sulfide) groups is 1. The molecule has 1 aliphatic heterocycles. The van der Waals surface area contributed by atoms with Crippen molar-refractivity contribution in [2.75, 3.05) is 5.75 Å². The molecule has 7 heteroatoms. The molecule has 0 saturated heterocycles. The molecule has 0 saturated carbocycles. The van der Waals surface area contributed by atoms with Gasteiger partial charge in [0.25, 0.3) is 0 Å². The van der Waals surface area contributed by atoms with Gasteiger partial charge in [-0.15, -0.1) is 0 Å². The van der Waals surface area contributed by atoms with Crippen molar-refractivity contribution in [2.45, 2.75) is 31.7 Å². The molecule has 0 bridgehead atoms. The highest BCUT2D eigenvalue weighted by Gasteiger charge is 2.38. The Hall–Kier alpha value is -3.37. The lowest BCUT2D eigenvalue weighted by molar-refractivity contribution is -0.119. The number of rotatable bonds is 6. The normalized spacial score (nSPS) is 18.0. The summed E-state index contributed by atoms with van der Waals surface area (Å²) in [6.07, 6.45) is 1.73. The predicted octanol–water partition coefficient (Wildman–Crippen LogP) is 4.30. The molecular weight excluding hydrogens is 425 g/mol. The summed E-state index contributed by atoms with van der Waals surface area (Å²) < 4.78 is 14.7. The lowest BCUT2D eigenvalue weighted by Crippen LogP contribution is -2.32. The monoisotopic (exact) mass is 447 g/mol. The maximum absolute atomic E-state index is 14.7. The number of carbonyl (C=O) groups excluding carboxylic acids is 2. The Bertz CT molecular complexity index is 1150. The Balaban J connectivity index is 1.57. The zero-order chi connectivity index (χ0) is 22.5. The number of halogens is 1. The first kappa shape index (κ1) is 21.8. The highest BCUT2D eigenvalue weighted by Crippen LogP contribution is 2.44. The smallest absolute Gasteiger partial charge is 0.230 e. The molecule has 1 atom stereocenters. The molecule has 0 fully saturated rings. The highest BCUT2D eigenvalue weighted by molar-refractivity contribution is 8.03. The Morgan fingerprint density at radius 2 is 1.91 bits per heavy atom. The lowest BCUT2D eigenvalue weighted by Gasteiger charge is -2.33. The summed E-state index contributed by atoms with van der Waals surface area (Å²) in [6.45, 7) is 0.416. The third-order valence-electron chi connectivity index (χ3n) is 5.56. The number of nitrogens with one attached hydrogen (secondary N) is 2. The summed E-state index contributed by atoms with van der Waals surface area (Å²) in [6, 6.07) is 18.0. The Labute approximate surface area is 190 Å². The van der Waals surface area contributed by atoms with Crippen LogP contribution in [0.1, 0.15) is 36.3 Å². The third kappa shape index (κ3) is 4.61. The van der Waals surface area contributed by atoms with Gasteiger partial charge in [-0.3, -0.25) is 9.59 Å². The molecule has 5 nitrogen and oxygen atoms in total. The number of benzene rings is 2. The Morgan fingerprint density at radius 1 is 1.16 bits per heavy atom. The summed E-state index contributed by atoms with van der Waals surface area (Å²) >= 11 is 1.20. The minimum Gasteiger partial charge on any atom is -0.352 e. The van der Waals surface area contributed by atoms with Gasteiger partial charge in [-0.1, -0.05) is 60.3 Å². The van der Waals surface area contributed by atoms with Crippen molar-refractivity contribution in [3.05, 3.63) is 93.4 Å². The molecule has 0 spiro atoms. The van der Waals surface area contributed by atoms with Crippen LogP contribution in [0.4, 0.5) is 4.39 Å². The average Bonchev–Trinajstić information content (AvgIpc) is 2.81. The maximum atomic E-state index is 14.7. The van der Waals surface area contributed by atoms with Crippen LogP contribution in [0.15, 0.2) is 76.5 Å². The van der Waals surface area contributed by atoms with Gasteiger partial charge in [-0.2, -0.15) is 5.26 Å². The van der Waals surface area contributed by atoms with Crippen LogP contribution in [0.2, 0.25) is 0 Å². The maximum Gasteiger partial charge on any atom is 0.230 e. The number of amides is 1. The van der Waals surface area contributed by atoms with E-state index in [1.807, 2.05) is 30.3 Å². The number of hydrogen-bond donors (Lipinski definition) is 2. The van der Waals surface area contributed by atoms with Crippen molar-refractivity contribution >= 4 is 23.5 Å². The topological polar surface area (TPSA) is 82.0 Å². The number of allylic oxidation sites excluding steroid dienone is 3. The quantitative estimate of drug-likeness (QED) is 0.690. The second kappa shape index (κ2) is 9.84. The van der Waals surface area contributed by atoms with Crippen molar-refractivity contribution in [1.82, 2.24) is 10.6 Å². The van der Waals surface area contributed by atoms with E-state index in [1.165, 1.54) is 17.8 Å². The number of dihydropyridines is 1. The number of ketones is 1. The van der Waals surface area contributed by atoms with Crippen molar-refractivity contribution in [1.29, 1.82) is 5.26 Å². The molecule has 2 aromatic rings. The van der Waals surface area contributed by atoms with Gasteiger partial charge < -0.3 is 10.6 Å². The molecule has 2 aromatic carbocycles. The van der Waals surface area contributed by atoms with Crippen LogP contribution >= 0.6 is 11.8 Å². The molecule has 1 amide bonds. The third-order valence-corrected chi connectivity index (χ3v) is 6.58. The van der Waals surface area contributed by atoms with Crippen molar-refractivity contribution in [2.24, 2.45) is 0 Å². The highest BCUT2D eigenvalue weighted by atomic mass is 32.2. The molecule has 0 radical (unpaired) electrons. The van der Waals surface area contributed by atoms with E-state index in [4.69, 9.17) is 0 Å². The fourth-order valence-electron chi connectivity index (χ4n) is 4.04. The van der Waals surface area contributed by atoms with Crippen LogP contribution in [0.3, 0.4) is 0 Å². The van der Waals surface area contributed by atoms with Crippen LogP contribution in [-0.4, -0.2) is 17.4 Å². The van der Waals surface area contributed by atoms with Crippen LogP contribution in [-0.2, 0) is 16.1 Å². The molecule has 1 aliphatic carbocycles. The van der Waals surface area contributed by atoms with Gasteiger partial charge in [0.15, 0.2) is 5.78 Å². The predicted molar refractivity (Wildman–Crippen MR) is 122 cm³/mol. The molecule has 32 heavy (non-hydrogen) atoms. The first-order valence-electron chi connectivity index (χ1n) is 10.4.